The van der Waals surface area contributed by atoms with Crippen molar-refractivity contribution in [3.8, 4) is 5.88 Å². The van der Waals surface area contributed by atoms with Crippen LogP contribution in [0.5, 0.6) is 5.88 Å². The number of ether oxygens (including phenoxy) is 1. The van der Waals surface area contributed by atoms with E-state index in [1.807, 2.05) is 7.05 Å². The topological polar surface area (TPSA) is 26.2 Å². The predicted molar refractivity (Wildman–Crippen MR) is 47.6 cm³/mol. The summed E-state index contributed by atoms with van der Waals surface area (Å²) < 4.78 is 7.65. The van der Waals surface area contributed by atoms with Crippen molar-refractivity contribution in [3.05, 3.63) is 17.8 Å². The van der Waals surface area contributed by atoms with Crippen LogP contribution in [-0.4, -0.2) is 24.8 Å². The van der Waals surface area contributed by atoms with E-state index in [2.05, 4.69) is 22.0 Å². The van der Waals surface area contributed by atoms with Gasteiger partial charge in [-0.3, -0.25) is 0 Å². The van der Waals surface area contributed by atoms with Crippen LogP contribution < -0.4 is 10.1 Å². The average Bonchev–Trinajstić information content (AvgIpc) is 2.62. The molecule has 0 unspecified atom stereocenters. The Labute approximate surface area is 72.3 Å². The molecule has 2 heterocycles. The molecule has 0 radical (unpaired) electrons. The zero-order valence-corrected chi connectivity index (χ0v) is 7.34. The van der Waals surface area contributed by atoms with Gasteiger partial charge in [0.25, 0.3) is 0 Å². The van der Waals surface area contributed by atoms with Gasteiger partial charge in [0.1, 0.15) is 6.61 Å². The van der Waals surface area contributed by atoms with Gasteiger partial charge in [0.2, 0.25) is 0 Å². The maximum Gasteiger partial charge on any atom is 0.193 e. The minimum absolute atomic E-state index is 0.836. The quantitative estimate of drug-likeness (QED) is 0.713. The summed E-state index contributed by atoms with van der Waals surface area (Å²) in [5.74, 6) is 1.03. The molecule has 3 heteroatoms. The molecule has 0 amide bonds. The molecular weight excluding hydrogens is 152 g/mol. The molecule has 1 aromatic rings. The van der Waals surface area contributed by atoms with Gasteiger partial charge < -0.3 is 14.6 Å². The van der Waals surface area contributed by atoms with Gasteiger partial charge in [-0.1, -0.05) is 0 Å². The smallest absolute Gasteiger partial charge is 0.193 e. The van der Waals surface area contributed by atoms with Gasteiger partial charge in [-0.15, -0.1) is 0 Å². The highest BCUT2D eigenvalue weighted by Crippen LogP contribution is 2.21. The molecule has 1 aliphatic heterocycles. The number of nitrogens with one attached hydrogen (secondary N) is 1. The van der Waals surface area contributed by atoms with Crippen LogP contribution in [0.1, 0.15) is 5.69 Å². The van der Waals surface area contributed by atoms with E-state index in [0.29, 0.717) is 0 Å². The second-order valence-corrected chi connectivity index (χ2v) is 3.02. The van der Waals surface area contributed by atoms with Crippen molar-refractivity contribution in [3.63, 3.8) is 0 Å². The fourth-order valence-electron chi connectivity index (χ4n) is 1.58. The van der Waals surface area contributed by atoms with E-state index in [4.69, 9.17) is 4.74 Å². The highest BCUT2D eigenvalue weighted by Gasteiger charge is 2.13. The third-order valence-electron chi connectivity index (χ3n) is 2.23. The number of hydrogen-bond donors (Lipinski definition) is 1. The van der Waals surface area contributed by atoms with Crippen molar-refractivity contribution >= 4 is 0 Å². The van der Waals surface area contributed by atoms with Gasteiger partial charge in [-0.2, -0.15) is 0 Å². The van der Waals surface area contributed by atoms with E-state index < -0.39 is 0 Å². The largest absolute Gasteiger partial charge is 0.477 e. The Balaban J connectivity index is 2.11. The summed E-state index contributed by atoms with van der Waals surface area (Å²) in [6.07, 6.45) is 1.08. The van der Waals surface area contributed by atoms with Crippen LogP contribution in [0, 0.1) is 0 Å². The van der Waals surface area contributed by atoms with Crippen molar-refractivity contribution in [2.24, 2.45) is 0 Å². The summed E-state index contributed by atoms with van der Waals surface area (Å²) >= 11 is 0. The Morgan fingerprint density at radius 1 is 1.58 bits per heavy atom. The zero-order valence-electron chi connectivity index (χ0n) is 7.34. The predicted octanol–water partition coefficient (Wildman–Crippen LogP) is 0.642. The molecular formula is C9H14N2O. The first-order valence-corrected chi connectivity index (χ1v) is 4.37. The van der Waals surface area contributed by atoms with Crippen molar-refractivity contribution in [1.82, 2.24) is 9.88 Å². The molecule has 1 aromatic heterocycles. The lowest BCUT2D eigenvalue weighted by molar-refractivity contribution is 0.357. The zero-order chi connectivity index (χ0) is 8.39. The Hall–Kier alpha value is -0.960. The molecule has 0 aromatic carbocycles. The molecule has 12 heavy (non-hydrogen) atoms. The first-order chi connectivity index (χ1) is 5.92. The summed E-state index contributed by atoms with van der Waals surface area (Å²) in [4.78, 5) is 0. The van der Waals surface area contributed by atoms with Crippen molar-refractivity contribution in [2.45, 2.75) is 13.0 Å². The van der Waals surface area contributed by atoms with Crippen LogP contribution in [0.2, 0.25) is 0 Å². The number of rotatable bonds is 3. The standard InChI is InChI=1S/C9H14N2O/c1-10-5-4-8-2-3-9-11(8)6-7-12-9/h2-3,10H,4-7H2,1H3. The summed E-state index contributed by atoms with van der Waals surface area (Å²) in [7, 11) is 1.98. The third kappa shape index (κ3) is 1.20. The van der Waals surface area contributed by atoms with Gasteiger partial charge in [-0.25, -0.2) is 0 Å². The fraction of sp³-hybridized carbons (Fsp3) is 0.556. The van der Waals surface area contributed by atoms with Crippen LogP contribution in [-0.2, 0) is 13.0 Å². The van der Waals surface area contributed by atoms with Crippen LogP contribution in [0.25, 0.3) is 0 Å². The molecule has 3 nitrogen and oxygen atoms in total. The monoisotopic (exact) mass is 166 g/mol. The van der Waals surface area contributed by atoms with Crippen LogP contribution in [0.3, 0.4) is 0 Å². The lowest BCUT2D eigenvalue weighted by Crippen LogP contribution is -2.12. The molecule has 1 aliphatic rings. The first kappa shape index (κ1) is 7.68. The summed E-state index contributed by atoms with van der Waals surface area (Å²) in [6, 6.07) is 4.20. The Morgan fingerprint density at radius 2 is 2.50 bits per heavy atom. The number of hydrogen-bond acceptors (Lipinski definition) is 2. The van der Waals surface area contributed by atoms with E-state index in [1.165, 1.54) is 5.69 Å². The lowest BCUT2D eigenvalue weighted by Gasteiger charge is -2.02. The molecule has 66 valence electrons. The fourth-order valence-corrected chi connectivity index (χ4v) is 1.58. The molecule has 0 bridgehead atoms. The minimum atomic E-state index is 0.836. The summed E-state index contributed by atoms with van der Waals surface area (Å²) in [5, 5.41) is 3.14. The van der Waals surface area contributed by atoms with Crippen molar-refractivity contribution in [1.29, 1.82) is 0 Å². The second kappa shape index (κ2) is 3.19. The lowest BCUT2D eigenvalue weighted by atomic mass is 10.3. The van der Waals surface area contributed by atoms with Crippen LogP contribution in [0.15, 0.2) is 12.1 Å². The number of likely N-dealkylation sites (N-methyl/N-ethyl adjacent to an activating group) is 1. The molecule has 0 aliphatic carbocycles. The maximum atomic E-state index is 5.40. The molecule has 1 N–H and O–H groups in total. The molecule has 0 spiro atoms. The minimum Gasteiger partial charge on any atom is -0.477 e. The van der Waals surface area contributed by atoms with Gasteiger partial charge in [0, 0.05) is 24.7 Å². The van der Waals surface area contributed by atoms with Gasteiger partial charge in [0.15, 0.2) is 5.88 Å². The first-order valence-electron chi connectivity index (χ1n) is 4.37. The van der Waals surface area contributed by atoms with Crippen LogP contribution >= 0.6 is 0 Å². The highest BCUT2D eigenvalue weighted by molar-refractivity contribution is 5.23. The Morgan fingerprint density at radius 3 is 3.33 bits per heavy atom. The van der Waals surface area contributed by atoms with Gasteiger partial charge in [0.05, 0.1) is 6.54 Å². The molecule has 0 saturated heterocycles. The molecule has 0 saturated carbocycles. The maximum absolute atomic E-state index is 5.40. The molecule has 0 fully saturated rings. The van der Waals surface area contributed by atoms with E-state index in [1.54, 1.807) is 0 Å². The van der Waals surface area contributed by atoms with E-state index in [0.717, 1.165) is 32.0 Å². The van der Waals surface area contributed by atoms with E-state index in [9.17, 15) is 0 Å². The van der Waals surface area contributed by atoms with E-state index in [-0.39, 0.29) is 0 Å². The van der Waals surface area contributed by atoms with Gasteiger partial charge >= 0.3 is 0 Å². The SMILES string of the molecule is CNCCc1ccc2n1CCO2. The molecule has 0 atom stereocenters. The van der Waals surface area contributed by atoms with Gasteiger partial charge in [-0.05, 0) is 13.1 Å². The average molecular weight is 166 g/mol. The third-order valence-corrected chi connectivity index (χ3v) is 2.23. The number of nitrogens with zero attached hydrogens (tertiary/aromatic N) is 1. The summed E-state index contributed by atoms with van der Waals surface area (Å²) in [6.45, 7) is 2.88. The van der Waals surface area contributed by atoms with E-state index >= 15 is 0 Å². The second-order valence-electron chi connectivity index (χ2n) is 3.02. The van der Waals surface area contributed by atoms with Crippen molar-refractivity contribution in [2.75, 3.05) is 20.2 Å². The van der Waals surface area contributed by atoms with Crippen LogP contribution in [0.4, 0.5) is 0 Å². The van der Waals surface area contributed by atoms with Crippen molar-refractivity contribution < 1.29 is 4.74 Å². The number of aromatic nitrogens is 1. The highest BCUT2D eigenvalue weighted by atomic mass is 16.5. The Bertz CT molecular complexity index is 267. The summed E-state index contributed by atoms with van der Waals surface area (Å²) in [5.41, 5.74) is 1.37. The Kier molecular flexibility index (Phi) is 2.04. The molecule has 2 rings (SSSR count). The normalized spacial score (nSPS) is 14.4. The number of fused-ring (bicyclic) bond motifs is 1.